The van der Waals surface area contributed by atoms with Crippen LogP contribution in [0.2, 0.25) is 5.02 Å². The van der Waals surface area contributed by atoms with Crippen LogP contribution >= 0.6 is 11.6 Å². The van der Waals surface area contributed by atoms with Crippen LogP contribution in [0.1, 0.15) is 50.2 Å². The maximum Gasteiger partial charge on any atom is 0.223 e. The number of rotatable bonds is 5. The molecule has 0 saturated carbocycles. The van der Waals surface area contributed by atoms with Gasteiger partial charge in [-0.3, -0.25) is 4.79 Å². The van der Waals surface area contributed by atoms with E-state index < -0.39 is 0 Å². The zero-order chi connectivity index (χ0) is 20.3. The first-order valence-electron chi connectivity index (χ1n) is 9.66. The van der Waals surface area contributed by atoms with Gasteiger partial charge in [0.1, 0.15) is 5.82 Å². The lowest BCUT2D eigenvalue weighted by atomic mass is 9.87. The summed E-state index contributed by atoms with van der Waals surface area (Å²) in [5.41, 5.74) is 1.69. The normalized spacial score (nSPS) is 19.8. The number of halogens is 2. The zero-order valence-electron chi connectivity index (χ0n) is 16.6. The van der Waals surface area contributed by atoms with E-state index in [4.69, 9.17) is 16.3 Å². The number of carbonyl (C=O) groups excluding carboxylic acids is 1. The van der Waals surface area contributed by atoms with E-state index in [1.807, 2.05) is 36.2 Å². The predicted molar refractivity (Wildman–Crippen MR) is 110 cm³/mol. The highest BCUT2D eigenvalue weighted by Crippen LogP contribution is 2.32. The van der Waals surface area contributed by atoms with Crippen LogP contribution in [0.5, 0.6) is 0 Å². The van der Waals surface area contributed by atoms with Gasteiger partial charge in [-0.15, -0.1) is 0 Å². The summed E-state index contributed by atoms with van der Waals surface area (Å²) >= 11 is 6.03. The number of hydrogen-bond acceptors (Lipinski definition) is 2. The van der Waals surface area contributed by atoms with Gasteiger partial charge in [-0.05, 0) is 62.1 Å². The molecule has 3 rings (SSSR count). The topological polar surface area (TPSA) is 29.5 Å². The summed E-state index contributed by atoms with van der Waals surface area (Å²) in [6.07, 6.45) is 1.98. The van der Waals surface area contributed by atoms with Gasteiger partial charge in [0.2, 0.25) is 5.91 Å². The summed E-state index contributed by atoms with van der Waals surface area (Å²) in [4.78, 5) is 15.0. The van der Waals surface area contributed by atoms with Crippen molar-refractivity contribution >= 4 is 17.5 Å². The molecule has 0 N–H and O–H groups in total. The molecule has 2 atom stereocenters. The van der Waals surface area contributed by atoms with E-state index in [-0.39, 0.29) is 29.3 Å². The Kier molecular flexibility index (Phi) is 6.41. The first kappa shape index (κ1) is 20.8. The van der Waals surface area contributed by atoms with Crippen molar-refractivity contribution in [3.8, 4) is 0 Å². The van der Waals surface area contributed by atoms with E-state index >= 15 is 0 Å². The van der Waals surface area contributed by atoms with Crippen molar-refractivity contribution in [2.45, 2.75) is 50.7 Å². The van der Waals surface area contributed by atoms with Gasteiger partial charge < -0.3 is 9.64 Å². The largest absolute Gasteiger partial charge is 0.375 e. The number of amides is 1. The summed E-state index contributed by atoms with van der Waals surface area (Å²) in [6.45, 7) is 4.78. The lowest BCUT2D eigenvalue weighted by Gasteiger charge is -2.40. The molecule has 1 aliphatic rings. The van der Waals surface area contributed by atoms with E-state index in [9.17, 15) is 9.18 Å². The van der Waals surface area contributed by atoms with Crippen molar-refractivity contribution in [2.75, 3.05) is 13.7 Å². The van der Waals surface area contributed by atoms with Crippen LogP contribution in [0, 0.1) is 5.82 Å². The van der Waals surface area contributed by atoms with Crippen LogP contribution in [0.25, 0.3) is 0 Å². The van der Waals surface area contributed by atoms with Gasteiger partial charge in [-0.1, -0.05) is 35.9 Å². The molecule has 2 aromatic carbocycles. The van der Waals surface area contributed by atoms with E-state index in [2.05, 4.69) is 13.8 Å². The molecule has 0 aliphatic carbocycles. The fourth-order valence-electron chi connectivity index (χ4n) is 3.87. The van der Waals surface area contributed by atoms with Crippen molar-refractivity contribution < 1.29 is 13.9 Å². The van der Waals surface area contributed by atoms with Gasteiger partial charge in [0.15, 0.2) is 0 Å². The third-order valence-electron chi connectivity index (χ3n) is 5.54. The van der Waals surface area contributed by atoms with Gasteiger partial charge in [0.05, 0.1) is 5.60 Å². The summed E-state index contributed by atoms with van der Waals surface area (Å²) in [7, 11) is 1.87. The molecule has 0 radical (unpaired) electrons. The van der Waals surface area contributed by atoms with Gasteiger partial charge in [0, 0.05) is 37.1 Å². The Hall–Kier alpha value is -1.91. The molecule has 0 aromatic heterocycles. The molecule has 28 heavy (non-hydrogen) atoms. The molecule has 1 amide bonds. The Bertz CT molecular complexity index is 759. The molecule has 0 spiro atoms. The molecule has 1 fully saturated rings. The van der Waals surface area contributed by atoms with Gasteiger partial charge in [-0.25, -0.2) is 4.39 Å². The molecule has 1 saturated heterocycles. The Balaban J connectivity index is 1.81. The summed E-state index contributed by atoms with van der Waals surface area (Å²) in [6, 6.07) is 14.0. The van der Waals surface area contributed by atoms with E-state index in [0.29, 0.717) is 18.1 Å². The number of nitrogens with zero attached hydrogens (tertiary/aromatic N) is 1. The molecular weight excluding hydrogens is 377 g/mol. The van der Waals surface area contributed by atoms with Crippen molar-refractivity contribution in [1.29, 1.82) is 0 Å². The third-order valence-corrected chi connectivity index (χ3v) is 5.79. The van der Waals surface area contributed by atoms with E-state index in [1.165, 1.54) is 12.1 Å². The summed E-state index contributed by atoms with van der Waals surface area (Å²) < 4.78 is 19.2. The average Bonchev–Trinajstić information content (AvgIpc) is 2.66. The highest BCUT2D eigenvalue weighted by Gasteiger charge is 2.33. The van der Waals surface area contributed by atoms with Crippen LogP contribution in [0.3, 0.4) is 0 Å². The lowest BCUT2D eigenvalue weighted by molar-refractivity contribution is -0.138. The summed E-state index contributed by atoms with van der Waals surface area (Å²) in [5, 5.41) is 0.648. The number of carbonyl (C=O) groups is 1. The van der Waals surface area contributed by atoms with Crippen LogP contribution in [-0.4, -0.2) is 36.1 Å². The van der Waals surface area contributed by atoms with Crippen LogP contribution in [-0.2, 0) is 9.53 Å². The average molecular weight is 404 g/mol. The second-order valence-electron chi connectivity index (χ2n) is 8.12. The Labute approximate surface area is 171 Å². The highest BCUT2D eigenvalue weighted by molar-refractivity contribution is 6.30. The maximum atomic E-state index is 13.4. The van der Waals surface area contributed by atoms with Gasteiger partial charge in [-0.2, -0.15) is 0 Å². The molecule has 5 heteroatoms. The third kappa shape index (κ3) is 5.12. The second kappa shape index (κ2) is 8.62. The first-order valence-corrected chi connectivity index (χ1v) is 10.0. The predicted octanol–water partition coefficient (Wildman–Crippen LogP) is 5.42. The zero-order valence-corrected chi connectivity index (χ0v) is 17.4. The molecule has 1 heterocycles. The smallest absolute Gasteiger partial charge is 0.223 e. The Morgan fingerprint density at radius 1 is 1.18 bits per heavy atom. The fourth-order valence-corrected chi connectivity index (χ4v) is 4.00. The van der Waals surface area contributed by atoms with Crippen LogP contribution in [0.4, 0.5) is 4.39 Å². The van der Waals surface area contributed by atoms with Crippen molar-refractivity contribution in [3.05, 3.63) is 70.5 Å². The number of ether oxygens (including phenoxy) is 1. The molecule has 2 aromatic rings. The Morgan fingerprint density at radius 2 is 1.75 bits per heavy atom. The van der Waals surface area contributed by atoms with Gasteiger partial charge >= 0.3 is 0 Å². The van der Waals surface area contributed by atoms with Gasteiger partial charge in [0.25, 0.3) is 0 Å². The maximum absolute atomic E-state index is 13.4. The minimum absolute atomic E-state index is 0.0759. The van der Waals surface area contributed by atoms with Crippen molar-refractivity contribution in [1.82, 2.24) is 4.90 Å². The lowest BCUT2D eigenvalue weighted by Crippen LogP contribution is -2.47. The minimum Gasteiger partial charge on any atom is -0.375 e. The highest BCUT2D eigenvalue weighted by atomic mass is 35.5. The number of hydrogen-bond donors (Lipinski definition) is 0. The Morgan fingerprint density at radius 3 is 2.32 bits per heavy atom. The molecule has 3 nitrogen and oxygen atoms in total. The number of benzene rings is 2. The van der Waals surface area contributed by atoms with Crippen molar-refractivity contribution in [3.63, 3.8) is 0 Å². The van der Waals surface area contributed by atoms with Crippen LogP contribution in [0.15, 0.2) is 48.5 Å². The quantitative estimate of drug-likeness (QED) is 0.667. The molecule has 0 unspecified atom stereocenters. The molecule has 0 bridgehead atoms. The van der Waals surface area contributed by atoms with Crippen molar-refractivity contribution in [2.24, 2.45) is 0 Å². The SMILES string of the molecule is CN(C(=O)C[C@H](c1ccc(F)cc1)c1ccc(Cl)cc1)[C@@H]1CCOC(C)(C)C1. The first-order chi connectivity index (χ1) is 13.2. The van der Waals surface area contributed by atoms with Crippen LogP contribution < -0.4 is 0 Å². The monoisotopic (exact) mass is 403 g/mol. The minimum atomic E-state index is -0.286. The second-order valence-corrected chi connectivity index (χ2v) is 8.56. The molecule has 1 aliphatic heterocycles. The summed E-state index contributed by atoms with van der Waals surface area (Å²) in [5.74, 6) is -0.362. The molecular formula is C23H27ClFNO2. The molecule has 150 valence electrons. The standard InChI is InChI=1S/C23H27ClFNO2/c1-23(2)15-20(12-13-28-23)26(3)22(27)14-21(16-4-8-18(24)9-5-16)17-6-10-19(25)11-7-17/h4-11,20-21H,12-15H2,1-3H3/t20-,21+/m1/s1. The van der Waals surface area contributed by atoms with E-state index in [0.717, 1.165) is 24.0 Å². The van der Waals surface area contributed by atoms with E-state index in [1.54, 1.807) is 12.1 Å². The fraction of sp³-hybridized carbons (Fsp3) is 0.435.